The van der Waals surface area contributed by atoms with Crippen LogP contribution in [0.4, 0.5) is 11.4 Å². The number of fused-ring (bicyclic) bond motifs is 1. The summed E-state index contributed by atoms with van der Waals surface area (Å²) in [7, 11) is 0. The molecule has 26 heavy (non-hydrogen) atoms. The van der Waals surface area contributed by atoms with Gasteiger partial charge in [0.2, 0.25) is 5.91 Å². The molecule has 0 spiro atoms. The molecule has 0 aliphatic heterocycles. The first kappa shape index (κ1) is 18.5. The highest BCUT2D eigenvalue weighted by Gasteiger charge is 2.36. The van der Waals surface area contributed by atoms with Crippen LogP contribution in [0.25, 0.3) is 0 Å². The Balaban J connectivity index is 1.74. The van der Waals surface area contributed by atoms with Crippen molar-refractivity contribution in [3.63, 3.8) is 0 Å². The average Bonchev–Trinajstić information content (AvgIpc) is 2.58. The number of hydrogen-bond donors (Lipinski definition) is 2. The van der Waals surface area contributed by atoms with Crippen LogP contribution < -0.4 is 10.6 Å². The number of amides is 1. The Bertz CT molecular complexity index is 803. The van der Waals surface area contributed by atoms with Gasteiger partial charge in [0.15, 0.2) is 0 Å². The lowest BCUT2D eigenvalue weighted by Gasteiger charge is -2.42. The molecule has 0 heterocycles. The molecule has 0 aromatic heterocycles. The minimum Gasteiger partial charge on any atom is -0.381 e. The Kier molecular flexibility index (Phi) is 4.83. The first-order valence-electron chi connectivity index (χ1n) is 9.43. The van der Waals surface area contributed by atoms with Crippen LogP contribution in [0.2, 0.25) is 0 Å². The van der Waals surface area contributed by atoms with Gasteiger partial charge in [0, 0.05) is 24.8 Å². The van der Waals surface area contributed by atoms with Crippen LogP contribution in [0.1, 0.15) is 64.2 Å². The van der Waals surface area contributed by atoms with E-state index in [1.54, 1.807) is 0 Å². The number of rotatable bonds is 4. The van der Waals surface area contributed by atoms with E-state index in [1.165, 1.54) is 42.1 Å². The molecule has 3 rings (SSSR count). The summed E-state index contributed by atoms with van der Waals surface area (Å²) in [6.07, 6.45) is 2.46. The van der Waals surface area contributed by atoms with E-state index in [2.05, 4.69) is 56.5 Å². The number of hydrogen-bond acceptors (Lipinski definition) is 2. The minimum atomic E-state index is -0.0459. The predicted molar refractivity (Wildman–Crippen MR) is 110 cm³/mol. The van der Waals surface area contributed by atoms with Crippen LogP contribution in [-0.2, 0) is 22.2 Å². The SMILES string of the molecule is CC(=O)Nc1ccc(CNc2ccc3c(c2)C(C)(C)CCC3(C)C)cc1. The van der Waals surface area contributed by atoms with Gasteiger partial charge >= 0.3 is 0 Å². The highest BCUT2D eigenvalue weighted by atomic mass is 16.1. The summed E-state index contributed by atoms with van der Waals surface area (Å²) in [5, 5.41) is 6.35. The summed E-state index contributed by atoms with van der Waals surface area (Å²) in [6.45, 7) is 11.7. The average molecular weight is 351 g/mol. The molecule has 2 aromatic rings. The number of benzene rings is 2. The number of nitrogens with one attached hydrogen (secondary N) is 2. The van der Waals surface area contributed by atoms with E-state index in [-0.39, 0.29) is 16.7 Å². The molecule has 2 aromatic carbocycles. The zero-order chi connectivity index (χ0) is 18.9. The smallest absolute Gasteiger partial charge is 0.221 e. The molecule has 3 heteroatoms. The molecule has 0 atom stereocenters. The Labute approximate surface area is 157 Å². The third-order valence-corrected chi connectivity index (χ3v) is 5.62. The molecule has 138 valence electrons. The first-order chi connectivity index (χ1) is 12.2. The van der Waals surface area contributed by atoms with E-state index in [0.717, 1.165) is 12.2 Å². The van der Waals surface area contributed by atoms with Gasteiger partial charge in [-0.05, 0) is 64.6 Å². The topological polar surface area (TPSA) is 41.1 Å². The Morgan fingerprint density at radius 3 is 2.08 bits per heavy atom. The van der Waals surface area contributed by atoms with E-state index in [9.17, 15) is 4.79 Å². The highest BCUT2D eigenvalue weighted by Crippen LogP contribution is 2.46. The fourth-order valence-corrected chi connectivity index (χ4v) is 3.81. The second-order valence-electron chi connectivity index (χ2n) is 8.76. The molecule has 0 radical (unpaired) electrons. The summed E-state index contributed by atoms with van der Waals surface area (Å²) in [4.78, 5) is 11.1. The first-order valence-corrected chi connectivity index (χ1v) is 9.43. The van der Waals surface area contributed by atoms with Crippen LogP contribution >= 0.6 is 0 Å². The van der Waals surface area contributed by atoms with Crippen molar-refractivity contribution in [2.75, 3.05) is 10.6 Å². The zero-order valence-electron chi connectivity index (χ0n) is 16.6. The third-order valence-electron chi connectivity index (χ3n) is 5.62. The standard InChI is InChI=1S/C23H30N2O/c1-16(26)25-18-8-6-17(7-9-18)15-24-19-10-11-20-21(14-19)23(4,5)13-12-22(20,2)3/h6-11,14,24H,12-13,15H2,1-5H3,(H,25,26). The van der Waals surface area contributed by atoms with Gasteiger partial charge in [0.05, 0.1) is 0 Å². The lowest BCUT2D eigenvalue weighted by molar-refractivity contribution is -0.114. The van der Waals surface area contributed by atoms with Crippen molar-refractivity contribution < 1.29 is 4.79 Å². The summed E-state index contributed by atoms with van der Waals surface area (Å²) < 4.78 is 0. The molecule has 0 unspecified atom stereocenters. The maximum atomic E-state index is 11.1. The molecular weight excluding hydrogens is 320 g/mol. The molecule has 0 bridgehead atoms. The van der Waals surface area contributed by atoms with Gasteiger partial charge in [0.1, 0.15) is 0 Å². The van der Waals surface area contributed by atoms with Crippen molar-refractivity contribution in [1.82, 2.24) is 0 Å². The number of carbonyl (C=O) groups excluding carboxylic acids is 1. The Morgan fingerprint density at radius 1 is 0.885 bits per heavy atom. The van der Waals surface area contributed by atoms with Crippen molar-refractivity contribution in [3.8, 4) is 0 Å². The lowest BCUT2D eigenvalue weighted by Crippen LogP contribution is -2.33. The lowest BCUT2D eigenvalue weighted by atomic mass is 9.63. The molecule has 2 N–H and O–H groups in total. The summed E-state index contributed by atoms with van der Waals surface area (Å²) in [6, 6.07) is 14.8. The van der Waals surface area contributed by atoms with E-state index < -0.39 is 0 Å². The van der Waals surface area contributed by atoms with Crippen LogP contribution in [0, 0.1) is 0 Å². The second kappa shape index (κ2) is 6.79. The van der Waals surface area contributed by atoms with E-state index in [1.807, 2.05) is 24.3 Å². The summed E-state index contributed by atoms with van der Waals surface area (Å²) in [5.41, 5.74) is 6.63. The van der Waals surface area contributed by atoms with Crippen LogP contribution in [0.5, 0.6) is 0 Å². The zero-order valence-corrected chi connectivity index (χ0v) is 16.6. The van der Waals surface area contributed by atoms with Crippen molar-refractivity contribution in [2.24, 2.45) is 0 Å². The normalized spacial score (nSPS) is 17.3. The fraction of sp³-hybridized carbons (Fsp3) is 0.435. The van der Waals surface area contributed by atoms with Gasteiger partial charge in [-0.15, -0.1) is 0 Å². The van der Waals surface area contributed by atoms with Gasteiger partial charge in [-0.1, -0.05) is 45.9 Å². The Hall–Kier alpha value is -2.29. The quantitative estimate of drug-likeness (QED) is 0.753. The maximum Gasteiger partial charge on any atom is 0.221 e. The van der Waals surface area contributed by atoms with Crippen LogP contribution in [0.15, 0.2) is 42.5 Å². The molecular formula is C23H30N2O. The fourth-order valence-electron chi connectivity index (χ4n) is 3.81. The van der Waals surface area contributed by atoms with E-state index in [4.69, 9.17) is 0 Å². The molecule has 1 aliphatic rings. The highest BCUT2D eigenvalue weighted by molar-refractivity contribution is 5.88. The van der Waals surface area contributed by atoms with E-state index in [0.29, 0.717) is 0 Å². The Morgan fingerprint density at radius 2 is 1.46 bits per heavy atom. The third kappa shape index (κ3) is 3.92. The van der Waals surface area contributed by atoms with E-state index >= 15 is 0 Å². The molecule has 0 saturated carbocycles. The van der Waals surface area contributed by atoms with Crippen molar-refractivity contribution >= 4 is 17.3 Å². The van der Waals surface area contributed by atoms with Gasteiger partial charge < -0.3 is 10.6 Å². The van der Waals surface area contributed by atoms with Gasteiger partial charge in [0.25, 0.3) is 0 Å². The van der Waals surface area contributed by atoms with Crippen molar-refractivity contribution in [1.29, 1.82) is 0 Å². The molecule has 1 amide bonds. The predicted octanol–water partition coefficient (Wildman–Crippen LogP) is 5.61. The monoisotopic (exact) mass is 350 g/mol. The largest absolute Gasteiger partial charge is 0.381 e. The minimum absolute atomic E-state index is 0.0459. The van der Waals surface area contributed by atoms with Gasteiger partial charge in [-0.25, -0.2) is 0 Å². The van der Waals surface area contributed by atoms with Crippen molar-refractivity contribution in [3.05, 3.63) is 59.2 Å². The van der Waals surface area contributed by atoms with Crippen LogP contribution in [0.3, 0.4) is 0 Å². The second-order valence-corrected chi connectivity index (χ2v) is 8.76. The summed E-state index contributed by atoms with van der Waals surface area (Å²) >= 11 is 0. The molecule has 1 aliphatic carbocycles. The van der Waals surface area contributed by atoms with Gasteiger partial charge in [-0.2, -0.15) is 0 Å². The van der Waals surface area contributed by atoms with Gasteiger partial charge in [-0.3, -0.25) is 4.79 Å². The molecule has 0 fully saturated rings. The number of carbonyl (C=O) groups is 1. The molecule has 3 nitrogen and oxygen atoms in total. The summed E-state index contributed by atoms with van der Waals surface area (Å²) in [5.74, 6) is -0.0459. The number of anilines is 2. The molecule has 0 saturated heterocycles. The van der Waals surface area contributed by atoms with Crippen molar-refractivity contribution in [2.45, 2.75) is 64.8 Å². The maximum absolute atomic E-state index is 11.1. The van der Waals surface area contributed by atoms with Crippen LogP contribution in [-0.4, -0.2) is 5.91 Å².